The molecule has 32 heavy (non-hydrogen) atoms. The number of hydrogen-bond acceptors (Lipinski definition) is 6. The molecule has 2 bridgehead atoms. The van der Waals surface area contributed by atoms with Crippen LogP contribution in [0.15, 0.2) is 53.5 Å². The maximum atomic E-state index is 11.6. The Morgan fingerprint density at radius 1 is 1.00 bits per heavy atom. The first-order valence-electron chi connectivity index (χ1n) is 11.1. The molecule has 0 aliphatic carbocycles. The molecule has 2 saturated heterocycles. The quantitative estimate of drug-likeness (QED) is 0.583. The highest BCUT2D eigenvalue weighted by atomic mass is 16.3. The molecule has 0 spiro atoms. The van der Waals surface area contributed by atoms with E-state index in [-0.39, 0.29) is 22.4 Å². The number of nitrogens with zero attached hydrogens (tertiary/aromatic N) is 3. The summed E-state index contributed by atoms with van der Waals surface area (Å²) in [5, 5.41) is 23.3. The highest BCUT2D eigenvalue weighted by Gasteiger charge is 2.49. The fourth-order valence-corrected chi connectivity index (χ4v) is 5.49. The number of phenols is 1. The zero-order valence-corrected chi connectivity index (χ0v) is 18.7. The number of fused-ring (bicyclic) bond motifs is 2. The van der Waals surface area contributed by atoms with E-state index < -0.39 is 0 Å². The summed E-state index contributed by atoms with van der Waals surface area (Å²) in [6, 6.07) is 12.9. The summed E-state index contributed by atoms with van der Waals surface area (Å²) in [4.78, 5) is 16.4. The molecule has 2 aromatic heterocycles. The molecule has 0 amide bonds. The number of benzene rings is 1. The summed E-state index contributed by atoms with van der Waals surface area (Å²) in [6.45, 7) is 4.65. The second-order valence-corrected chi connectivity index (χ2v) is 9.87. The summed E-state index contributed by atoms with van der Waals surface area (Å²) in [7, 11) is 2.10. The molecule has 2 aliphatic heterocycles. The van der Waals surface area contributed by atoms with E-state index in [1.165, 1.54) is 18.9 Å². The second-order valence-electron chi connectivity index (χ2n) is 9.87. The van der Waals surface area contributed by atoms with Crippen LogP contribution >= 0.6 is 0 Å². The number of phenolic OH excluding ortho intramolecular Hbond substituents is 1. The smallest absolute Gasteiger partial charge is 0.248 e. The molecule has 3 aromatic rings. The van der Waals surface area contributed by atoms with Crippen LogP contribution in [0.3, 0.4) is 0 Å². The lowest BCUT2D eigenvalue weighted by Gasteiger charge is -2.45. The molecule has 7 heteroatoms. The van der Waals surface area contributed by atoms with Gasteiger partial charge in [-0.2, -0.15) is 0 Å². The highest BCUT2D eigenvalue weighted by Crippen LogP contribution is 2.43. The Labute approximate surface area is 187 Å². The van der Waals surface area contributed by atoms with E-state index in [9.17, 15) is 9.90 Å². The third-order valence-corrected chi connectivity index (χ3v) is 7.15. The van der Waals surface area contributed by atoms with Crippen LogP contribution in [-0.4, -0.2) is 44.5 Å². The van der Waals surface area contributed by atoms with E-state index in [1.807, 2.05) is 24.3 Å². The van der Waals surface area contributed by atoms with Crippen LogP contribution in [0, 0.1) is 0 Å². The fourth-order valence-electron chi connectivity index (χ4n) is 5.49. The molecule has 0 saturated carbocycles. The van der Waals surface area contributed by atoms with E-state index in [1.54, 1.807) is 18.3 Å². The van der Waals surface area contributed by atoms with Crippen molar-refractivity contribution in [3.8, 4) is 28.1 Å². The van der Waals surface area contributed by atoms with Crippen LogP contribution < -0.4 is 15.8 Å². The molecule has 2 unspecified atom stereocenters. The minimum atomic E-state index is -0.179. The van der Waals surface area contributed by atoms with Crippen molar-refractivity contribution in [2.75, 3.05) is 11.9 Å². The summed E-state index contributed by atoms with van der Waals surface area (Å²) in [5.74, 6) is 0.945. The van der Waals surface area contributed by atoms with E-state index in [2.05, 4.69) is 46.3 Å². The molecule has 0 radical (unpaired) electrons. The summed E-state index contributed by atoms with van der Waals surface area (Å²) >= 11 is 0. The third-order valence-electron chi connectivity index (χ3n) is 7.15. The van der Waals surface area contributed by atoms with Crippen LogP contribution in [0.1, 0.15) is 39.5 Å². The molecular formula is C25H29N5O2. The Morgan fingerprint density at radius 3 is 2.34 bits per heavy atom. The normalized spacial score (nSPS) is 26.8. The topological polar surface area (TPSA) is 94.1 Å². The van der Waals surface area contributed by atoms with Gasteiger partial charge in [0.15, 0.2) is 5.82 Å². The molecule has 3 N–H and O–H groups in total. The van der Waals surface area contributed by atoms with Gasteiger partial charge in [-0.3, -0.25) is 4.79 Å². The zero-order valence-electron chi connectivity index (χ0n) is 18.7. The number of aromatic nitrogens is 3. The lowest BCUT2D eigenvalue weighted by atomic mass is 9.84. The monoisotopic (exact) mass is 431 g/mol. The van der Waals surface area contributed by atoms with Gasteiger partial charge in [0, 0.05) is 42.0 Å². The zero-order chi connectivity index (χ0) is 22.5. The Hall–Kier alpha value is -3.19. The summed E-state index contributed by atoms with van der Waals surface area (Å²) in [6.07, 6.45) is 6.20. The van der Waals surface area contributed by atoms with Gasteiger partial charge in [0.05, 0.1) is 5.69 Å². The Morgan fingerprint density at radius 2 is 1.72 bits per heavy atom. The molecule has 7 nitrogen and oxygen atoms in total. The second kappa shape index (κ2) is 7.45. The molecule has 4 heterocycles. The van der Waals surface area contributed by atoms with Gasteiger partial charge >= 0.3 is 0 Å². The maximum Gasteiger partial charge on any atom is 0.248 e. The van der Waals surface area contributed by atoms with Crippen LogP contribution in [0.4, 0.5) is 5.82 Å². The van der Waals surface area contributed by atoms with Crippen molar-refractivity contribution in [3.63, 3.8) is 0 Å². The lowest BCUT2D eigenvalue weighted by molar-refractivity contribution is 0.207. The molecule has 2 fully saturated rings. The molecule has 3 atom stereocenters. The number of nitrogens with one attached hydrogen (secondary N) is 2. The predicted molar refractivity (Wildman–Crippen MR) is 126 cm³/mol. The number of aromatic hydroxyl groups is 1. The third kappa shape index (κ3) is 3.77. The number of pyridine rings is 1. The Kier molecular flexibility index (Phi) is 4.82. The van der Waals surface area contributed by atoms with Crippen molar-refractivity contribution in [1.82, 2.24) is 20.5 Å². The SMILES string of the molecule is CN(c1ccc(-c2ccc(-c3cc[nH]c(=O)c3)cc2O)nn1)C1CC2(C)CC[C@](C)(C1)N2. The van der Waals surface area contributed by atoms with Crippen molar-refractivity contribution in [3.05, 3.63) is 59.0 Å². The van der Waals surface area contributed by atoms with Crippen LogP contribution in [0.25, 0.3) is 22.4 Å². The van der Waals surface area contributed by atoms with E-state index in [4.69, 9.17) is 0 Å². The van der Waals surface area contributed by atoms with Crippen molar-refractivity contribution in [2.45, 2.75) is 56.7 Å². The summed E-state index contributed by atoms with van der Waals surface area (Å²) < 4.78 is 0. The number of rotatable bonds is 4. The molecule has 2 aliphatic rings. The number of H-pyrrole nitrogens is 1. The standard InChI is InChI=1S/C25H29N5O2/c1-24-9-10-25(2,29-24)15-18(14-24)30(3)22-7-6-20(27-28-22)19-5-4-16(12-21(19)31)17-8-11-26-23(32)13-17/h4-8,11-13,18,29,31H,9-10,14-15H2,1-3H3,(H,26,32)/t18?,24-,25?/m1/s1. The number of anilines is 1. The number of aromatic amines is 1. The average molecular weight is 432 g/mol. The largest absolute Gasteiger partial charge is 0.507 e. The summed E-state index contributed by atoms with van der Waals surface area (Å²) in [5.41, 5.74) is 2.94. The molecule has 166 valence electrons. The van der Waals surface area contributed by atoms with Crippen LogP contribution in [-0.2, 0) is 0 Å². The lowest BCUT2D eigenvalue weighted by Crippen LogP contribution is -2.58. The maximum absolute atomic E-state index is 11.6. The van der Waals surface area contributed by atoms with Gasteiger partial charge in [0.1, 0.15) is 5.75 Å². The predicted octanol–water partition coefficient (Wildman–Crippen LogP) is 3.70. The number of hydrogen-bond donors (Lipinski definition) is 3. The Bertz CT molecular complexity index is 1190. The van der Waals surface area contributed by atoms with Gasteiger partial charge in [-0.05, 0) is 81.0 Å². The van der Waals surface area contributed by atoms with Gasteiger partial charge in [0.25, 0.3) is 0 Å². The van der Waals surface area contributed by atoms with E-state index >= 15 is 0 Å². The van der Waals surface area contributed by atoms with E-state index in [0.29, 0.717) is 17.3 Å². The first-order chi connectivity index (χ1) is 15.2. The minimum Gasteiger partial charge on any atom is -0.507 e. The molecule has 1 aromatic carbocycles. The van der Waals surface area contributed by atoms with Crippen molar-refractivity contribution in [1.29, 1.82) is 0 Å². The average Bonchev–Trinajstić information content (AvgIpc) is 3.00. The number of piperidine rings is 1. The van der Waals surface area contributed by atoms with Gasteiger partial charge in [-0.1, -0.05) is 6.07 Å². The molecule has 5 rings (SSSR count). The van der Waals surface area contributed by atoms with E-state index in [0.717, 1.165) is 29.8 Å². The fraction of sp³-hybridized carbons (Fsp3) is 0.400. The first-order valence-corrected chi connectivity index (χ1v) is 11.1. The molecular weight excluding hydrogens is 402 g/mol. The van der Waals surface area contributed by atoms with Crippen LogP contribution in [0.5, 0.6) is 5.75 Å². The van der Waals surface area contributed by atoms with Gasteiger partial charge < -0.3 is 20.3 Å². The highest BCUT2D eigenvalue weighted by molar-refractivity contribution is 5.74. The van der Waals surface area contributed by atoms with Gasteiger partial charge in [-0.15, -0.1) is 10.2 Å². The first kappa shape index (κ1) is 20.7. The van der Waals surface area contributed by atoms with Crippen molar-refractivity contribution in [2.24, 2.45) is 0 Å². The van der Waals surface area contributed by atoms with Gasteiger partial charge in [-0.25, -0.2) is 0 Å². The van der Waals surface area contributed by atoms with Crippen LogP contribution in [0.2, 0.25) is 0 Å². The van der Waals surface area contributed by atoms with Gasteiger partial charge in [0.2, 0.25) is 5.56 Å². The van der Waals surface area contributed by atoms with Crippen molar-refractivity contribution >= 4 is 5.82 Å². The Balaban J connectivity index is 1.36. The minimum absolute atomic E-state index is 0.106. The van der Waals surface area contributed by atoms with Crippen molar-refractivity contribution < 1.29 is 5.11 Å².